The number of rotatable bonds is 14. The van der Waals surface area contributed by atoms with Gasteiger partial charge in [-0.3, -0.25) is 34.1 Å². The number of benzene rings is 3. The number of hydrogen-bond acceptors (Lipinski definition) is 11. The molecule has 1 saturated heterocycles. The first kappa shape index (κ1) is 44.0. The van der Waals surface area contributed by atoms with Crippen molar-refractivity contribution in [3.8, 4) is 22.9 Å². The number of pyridine rings is 1. The number of nitrogens with zero attached hydrogens (tertiary/aromatic N) is 5. The zero-order valence-corrected chi connectivity index (χ0v) is 35.8. The van der Waals surface area contributed by atoms with Gasteiger partial charge in [-0.25, -0.2) is 4.79 Å². The van der Waals surface area contributed by atoms with E-state index in [0.29, 0.717) is 48.0 Å². The molecular formula is C48H51N7O8. The molecule has 0 spiro atoms. The summed E-state index contributed by atoms with van der Waals surface area (Å²) in [6.07, 6.45) is 2.35. The van der Waals surface area contributed by atoms with Crippen LogP contribution in [0.1, 0.15) is 80.5 Å². The first-order chi connectivity index (χ1) is 30.3. The highest BCUT2D eigenvalue weighted by Crippen LogP contribution is 2.45. The van der Waals surface area contributed by atoms with Gasteiger partial charge in [-0.15, -0.1) is 0 Å². The van der Waals surface area contributed by atoms with Crippen molar-refractivity contribution in [1.82, 2.24) is 25.4 Å². The Morgan fingerprint density at radius 2 is 1.75 bits per heavy atom. The highest BCUT2D eigenvalue weighted by Gasteiger charge is 2.37. The number of Topliss-reactive ketones (excluding diaryl/α,β-unsaturated/α-hetero) is 1. The molecule has 1 aliphatic heterocycles. The number of carbonyl (C=O) groups excluding carboxylic acids is 5. The minimum atomic E-state index is -1.14. The Balaban J connectivity index is 0.999. The summed E-state index contributed by atoms with van der Waals surface area (Å²) in [4.78, 5) is 78.5. The number of carbonyl (C=O) groups is 5. The quantitative estimate of drug-likeness (QED) is 0.0964. The summed E-state index contributed by atoms with van der Waals surface area (Å²) in [6, 6.07) is 22.6. The molecular weight excluding hydrogens is 803 g/mol. The summed E-state index contributed by atoms with van der Waals surface area (Å²) in [5.41, 5.74) is 4.45. The van der Waals surface area contributed by atoms with Gasteiger partial charge in [-0.05, 0) is 67.0 Å². The van der Waals surface area contributed by atoms with Crippen LogP contribution in [0.5, 0.6) is 5.75 Å². The predicted octanol–water partition coefficient (Wildman–Crippen LogP) is 6.23. The van der Waals surface area contributed by atoms with Crippen LogP contribution in [0, 0.1) is 16.7 Å². The van der Waals surface area contributed by atoms with Crippen molar-refractivity contribution >= 4 is 46.2 Å². The third kappa shape index (κ3) is 9.70. The molecule has 0 unspecified atom stereocenters. The second-order valence-corrected chi connectivity index (χ2v) is 16.8. The van der Waals surface area contributed by atoms with Crippen LogP contribution in [-0.4, -0.2) is 107 Å². The molecule has 4 aromatic rings. The topological polar surface area (TPSA) is 204 Å². The van der Waals surface area contributed by atoms with E-state index in [1.165, 1.54) is 23.0 Å². The average molecular weight is 854 g/mol. The van der Waals surface area contributed by atoms with E-state index in [4.69, 9.17) is 9.47 Å². The van der Waals surface area contributed by atoms with Crippen molar-refractivity contribution in [3.05, 3.63) is 107 Å². The van der Waals surface area contributed by atoms with Gasteiger partial charge in [0.25, 0.3) is 5.91 Å². The molecule has 2 heterocycles. The van der Waals surface area contributed by atoms with Crippen LogP contribution in [0.25, 0.3) is 22.0 Å². The number of allylic oxidation sites excluding steroid dienone is 2. The number of hydrogen-bond donors (Lipinski definition) is 3. The molecule has 7 rings (SSSR count). The van der Waals surface area contributed by atoms with E-state index in [0.717, 1.165) is 28.7 Å². The van der Waals surface area contributed by atoms with E-state index >= 15 is 0 Å². The van der Waals surface area contributed by atoms with Crippen LogP contribution in [0.4, 0.5) is 4.79 Å². The van der Waals surface area contributed by atoms with Gasteiger partial charge in [0.1, 0.15) is 23.6 Å². The van der Waals surface area contributed by atoms with Gasteiger partial charge in [0.15, 0.2) is 11.9 Å². The monoisotopic (exact) mass is 853 g/mol. The van der Waals surface area contributed by atoms with E-state index in [1.807, 2.05) is 62.4 Å². The fourth-order valence-corrected chi connectivity index (χ4v) is 8.49. The third-order valence-electron chi connectivity index (χ3n) is 11.7. The Bertz CT molecular complexity index is 2520. The Labute approximate surface area is 365 Å². The minimum Gasteiger partial charge on any atom is -0.511 e. The molecule has 0 bridgehead atoms. The summed E-state index contributed by atoms with van der Waals surface area (Å²) < 4.78 is 12.1. The largest absolute Gasteiger partial charge is 0.511 e. The van der Waals surface area contributed by atoms with Gasteiger partial charge in [-0.2, -0.15) is 5.26 Å². The molecule has 3 aromatic carbocycles. The lowest BCUT2D eigenvalue weighted by molar-refractivity contribution is -0.130. The number of ether oxygens (including phenoxy) is 2. The SMILES string of the molecule is CC(=NC[C@H](C(=O)NCCCOc1ccc2nccc(C(=O)NCC(=O)N3CCC[C@H]3C#N)c2c1)N(C)C(=O)OC1c2ccccc2-c2ccccc21)C1=C(O)CC(C)(C)CC1=O. The highest BCUT2D eigenvalue weighted by molar-refractivity contribution is 6.22. The van der Waals surface area contributed by atoms with E-state index in [-0.39, 0.29) is 61.4 Å². The third-order valence-corrected chi connectivity index (χ3v) is 11.7. The summed E-state index contributed by atoms with van der Waals surface area (Å²) >= 11 is 0. The number of amides is 4. The Kier molecular flexibility index (Phi) is 13.2. The van der Waals surface area contributed by atoms with Crippen molar-refractivity contribution in [2.45, 2.75) is 71.1 Å². The molecule has 3 N–H and O–H groups in total. The number of fused-ring (bicyclic) bond motifs is 4. The van der Waals surface area contributed by atoms with Crippen LogP contribution in [0.3, 0.4) is 0 Å². The first-order valence-corrected chi connectivity index (χ1v) is 21.1. The standard InChI is InChI=1S/C48H51N7O8/c1-29(43-40(56)24-48(2,3)25-41(43)57)52-27-39(54(4)47(61)63-44-34-14-7-5-12-32(34)33-13-6-8-15-35(33)44)46(60)51-19-10-22-62-31-16-17-38-37(23-31)36(18-20-50-38)45(59)53-28-42(58)55-21-9-11-30(55)26-49/h5-8,12-18,20,23,30,39,44,56H,9-11,19,21-22,24-25,27-28H2,1-4H3,(H,51,60)(H,53,59)/t30-,39+/m0/s1. The van der Waals surface area contributed by atoms with E-state index in [1.54, 1.807) is 31.2 Å². The molecule has 4 amide bonds. The fourth-order valence-electron chi connectivity index (χ4n) is 8.49. The smallest absolute Gasteiger partial charge is 0.411 e. The number of likely N-dealkylation sites (tertiary alicyclic amines) is 1. The maximum atomic E-state index is 13.9. The molecule has 326 valence electrons. The molecule has 15 nitrogen and oxygen atoms in total. The van der Waals surface area contributed by atoms with Crippen molar-refractivity contribution in [2.24, 2.45) is 10.4 Å². The zero-order chi connectivity index (χ0) is 44.8. The van der Waals surface area contributed by atoms with E-state index in [2.05, 4.69) is 26.7 Å². The van der Waals surface area contributed by atoms with Crippen LogP contribution >= 0.6 is 0 Å². The molecule has 0 radical (unpaired) electrons. The minimum absolute atomic E-state index is 0.0491. The molecule has 1 fully saturated rings. The van der Waals surface area contributed by atoms with Crippen molar-refractivity contribution < 1.29 is 38.6 Å². The average Bonchev–Trinajstić information content (AvgIpc) is 3.87. The number of aliphatic hydroxyl groups is 1. The molecule has 3 aliphatic rings. The van der Waals surface area contributed by atoms with Crippen molar-refractivity contribution in [1.29, 1.82) is 5.26 Å². The molecule has 1 aromatic heterocycles. The number of ketones is 1. The van der Waals surface area contributed by atoms with E-state index < -0.39 is 41.5 Å². The fraction of sp³-hybridized carbons (Fsp3) is 0.375. The summed E-state index contributed by atoms with van der Waals surface area (Å²) in [5.74, 6) is -1.12. The van der Waals surface area contributed by atoms with Gasteiger partial charge in [0, 0.05) is 61.4 Å². The number of nitriles is 1. The summed E-state index contributed by atoms with van der Waals surface area (Å²) in [6.45, 7) is 5.81. The Morgan fingerprint density at radius 3 is 2.44 bits per heavy atom. The summed E-state index contributed by atoms with van der Waals surface area (Å²) in [7, 11) is 1.47. The predicted molar refractivity (Wildman–Crippen MR) is 235 cm³/mol. The number of likely N-dealkylation sites (N-methyl/N-ethyl adjacent to an activating group) is 1. The van der Waals surface area contributed by atoms with Gasteiger partial charge in [0.05, 0.1) is 42.4 Å². The van der Waals surface area contributed by atoms with E-state index in [9.17, 15) is 34.3 Å². The number of aromatic nitrogens is 1. The summed E-state index contributed by atoms with van der Waals surface area (Å²) in [5, 5.41) is 26.2. The van der Waals surface area contributed by atoms with Gasteiger partial charge in [-0.1, -0.05) is 62.4 Å². The lowest BCUT2D eigenvalue weighted by atomic mass is 9.76. The first-order valence-electron chi connectivity index (χ1n) is 21.1. The van der Waals surface area contributed by atoms with Gasteiger partial charge < -0.3 is 30.1 Å². The normalized spacial score (nSPS) is 17.4. The second kappa shape index (κ2) is 18.9. The lowest BCUT2D eigenvalue weighted by Crippen LogP contribution is -2.50. The second-order valence-electron chi connectivity index (χ2n) is 16.8. The lowest BCUT2D eigenvalue weighted by Gasteiger charge is -2.30. The Morgan fingerprint density at radius 1 is 1.03 bits per heavy atom. The van der Waals surface area contributed by atoms with Crippen LogP contribution < -0.4 is 15.4 Å². The molecule has 15 heteroatoms. The maximum absolute atomic E-state index is 13.9. The van der Waals surface area contributed by atoms with Crippen molar-refractivity contribution in [2.75, 3.05) is 39.8 Å². The Hall–Kier alpha value is -7.08. The van der Waals surface area contributed by atoms with Crippen LogP contribution in [-0.2, 0) is 19.1 Å². The number of nitrogens with one attached hydrogen (secondary N) is 2. The molecule has 2 aliphatic carbocycles. The highest BCUT2D eigenvalue weighted by atomic mass is 16.6. The van der Waals surface area contributed by atoms with Gasteiger partial charge >= 0.3 is 6.09 Å². The van der Waals surface area contributed by atoms with Crippen LogP contribution in [0.2, 0.25) is 0 Å². The maximum Gasteiger partial charge on any atom is 0.411 e. The molecule has 63 heavy (non-hydrogen) atoms. The van der Waals surface area contributed by atoms with Crippen LogP contribution in [0.15, 0.2) is 95.3 Å². The van der Waals surface area contributed by atoms with Crippen molar-refractivity contribution in [3.63, 3.8) is 0 Å². The van der Waals surface area contributed by atoms with Gasteiger partial charge in [0.2, 0.25) is 11.8 Å². The number of aliphatic imine (C=N–C) groups is 1. The molecule has 0 saturated carbocycles. The molecule has 2 atom stereocenters. The zero-order valence-electron chi connectivity index (χ0n) is 35.8. The number of aliphatic hydroxyl groups excluding tert-OH is 1.